The molecule has 1 aromatic heterocycles. The largest absolute Gasteiger partial charge is 0.394 e. The fourth-order valence-electron chi connectivity index (χ4n) is 2.94. The Balaban J connectivity index is 1.98. The van der Waals surface area contributed by atoms with Crippen molar-refractivity contribution < 1.29 is 19.7 Å². The zero-order chi connectivity index (χ0) is 20.5. The summed E-state index contributed by atoms with van der Waals surface area (Å²) in [4.78, 5) is 38.0. The van der Waals surface area contributed by atoms with E-state index in [0.717, 1.165) is 30.3 Å². The molecule has 0 bridgehead atoms. The van der Waals surface area contributed by atoms with Crippen LogP contribution in [0.2, 0.25) is 0 Å². The minimum Gasteiger partial charge on any atom is -0.394 e. The van der Waals surface area contributed by atoms with Crippen molar-refractivity contribution in [2.75, 3.05) is 19.7 Å². The van der Waals surface area contributed by atoms with Crippen LogP contribution in [0.25, 0.3) is 6.08 Å². The van der Waals surface area contributed by atoms with Crippen LogP contribution in [0.15, 0.2) is 21.9 Å². The molecule has 28 heavy (non-hydrogen) atoms. The molecule has 1 amide bonds. The SMILES string of the molecule is NCCCCCCNC(=O)C=Cc1cn([C@H]2C[C@@H](O)[C@@H](CO)O2)c(=O)[nH]c1=O. The fourth-order valence-corrected chi connectivity index (χ4v) is 2.94. The van der Waals surface area contributed by atoms with Gasteiger partial charge in [-0.3, -0.25) is 19.1 Å². The lowest BCUT2D eigenvalue weighted by molar-refractivity contribution is -0.116. The molecule has 0 unspecified atom stereocenters. The number of aromatic nitrogens is 2. The normalized spacial score (nSPS) is 22.0. The molecule has 3 atom stereocenters. The minimum atomic E-state index is -0.913. The highest BCUT2D eigenvalue weighted by Crippen LogP contribution is 2.27. The number of rotatable bonds is 10. The molecule has 1 fully saturated rings. The highest BCUT2D eigenvalue weighted by molar-refractivity contribution is 5.91. The Morgan fingerprint density at radius 1 is 1.36 bits per heavy atom. The van der Waals surface area contributed by atoms with E-state index in [4.69, 9.17) is 15.6 Å². The summed E-state index contributed by atoms with van der Waals surface area (Å²) in [5, 5.41) is 21.7. The van der Waals surface area contributed by atoms with E-state index in [1.807, 2.05) is 0 Å². The van der Waals surface area contributed by atoms with E-state index in [-0.39, 0.29) is 24.5 Å². The highest BCUT2D eigenvalue weighted by Gasteiger charge is 2.35. The minimum absolute atomic E-state index is 0.100. The number of ether oxygens (including phenoxy) is 1. The molecule has 0 aromatic carbocycles. The third-order valence-electron chi connectivity index (χ3n) is 4.53. The maximum atomic E-state index is 12.0. The molecule has 6 N–H and O–H groups in total. The van der Waals surface area contributed by atoms with E-state index < -0.39 is 29.7 Å². The number of hydrogen-bond donors (Lipinski definition) is 5. The van der Waals surface area contributed by atoms with Crippen molar-refractivity contribution in [3.8, 4) is 0 Å². The number of nitrogens with two attached hydrogens (primary N) is 1. The van der Waals surface area contributed by atoms with E-state index in [0.29, 0.717) is 13.1 Å². The summed E-state index contributed by atoms with van der Waals surface area (Å²) >= 11 is 0. The van der Waals surface area contributed by atoms with Crippen molar-refractivity contribution in [3.05, 3.63) is 38.7 Å². The van der Waals surface area contributed by atoms with Crippen molar-refractivity contribution in [3.63, 3.8) is 0 Å². The third-order valence-corrected chi connectivity index (χ3v) is 4.53. The molecule has 1 aliphatic rings. The average Bonchev–Trinajstić information content (AvgIpc) is 3.04. The number of nitrogens with one attached hydrogen (secondary N) is 2. The molecule has 1 saturated heterocycles. The molecular weight excluding hydrogens is 368 g/mol. The van der Waals surface area contributed by atoms with Crippen molar-refractivity contribution >= 4 is 12.0 Å². The van der Waals surface area contributed by atoms with Crippen LogP contribution < -0.4 is 22.3 Å². The van der Waals surface area contributed by atoms with Gasteiger partial charge in [-0.05, 0) is 25.5 Å². The first kappa shape index (κ1) is 22.0. The predicted octanol–water partition coefficient (Wildman–Crippen LogP) is -1.17. The molecule has 2 rings (SSSR count). The number of hydrogen-bond acceptors (Lipinski definition) is 7. The van der Waals surface area contributed by atoms with Gasteiger partial charge in [-0.15, -0.1) is 0 Å². The standard InChI is InChI=1S/C18H28N4O6/c19-7-3-1-2-4-8-20-15(25)6-5-12-10-22(18(27)21-17(12)26)16-9-13(24)14(11-23)28-16/h5-6,10,13-14,16,23-24H,1-4,7-9,11,19H2,(H,20,25)(H,21,26,27)/t13-,14-,16-/m1/s1. The van der Waals surface area contributed by atoms with Gasteiger partial charge in [0, 0.05) is 25.2 Å². The Bertz CT molecular complexity index is 787. The molecule has 2 heterocycles. The molecule has 0 aliphatic carbocycles. The Kier molecular flexibility index (Phi) is 8.58. The number of amides is 1. The van der Waals surface area contributed by atoms with Crippen molar-refractivity contribution in [2.24, 2.45) is 5.73 Å². The van der Waals surface area contributed by atoms with Gasteiger partial charge in [0.2, 0.25) is 5.91 Å². The van der Waals surface area contributed by atoms with Gasteiger partial charge >= 0.3 is 5.69 Å². The lowest BCUT2D eigenvalue weighted by Gasteiger charge is -2.14. The molecule has 0 spiro atoms. The lowest BCUT2D eigenvalue weighted by atomic mass is 10.2. The van der Waals surface area contributed by atoms with Crippen molar-refractivity contribution in [1.29, 1.82) is 0 Å². The molecular formula is C18H28N4O6. The van der Waals surface area contributed by atoms with Crippen LogP contribution >= 0.6 is 0 Å². The number of H-pyrrole nitrogens is 1. The zero-order valence-corrected chi connectivity index (χ0v) is 15.7. The number of carbonyl (C=O) groups excluding carboxylic acids is 1. The van der Waals surface area contributed by atoms with Crippen molar-refractivity contribution in [1.82, 2.24) is 14.9 Å². The molecule has 0 radical (unpaired) electrons. The number of carbonyl (C=O) groups is 1. The Labute approximate surface area is 162 Å². The van der Waals surface area contributed by atoms with Crippen LogP contribution in [0.1, 0.15) is 43.9 Å². The Morgan fingerprint density at radius 2 is 2.11 bits per heavy atom. The molecule has 0 saturated carbocycles. The first-order valence-electron chi connectivity index (χ1n) is 9.42. The average molecular weight is 396 g/mol. The van der Waals surface area contributed by atoms with Crippen LogP contribution in [0.3, 0.4) is 0 Å². The van der Waals surface area contributed by atoms with Crippen LogP contribution in [-0.4, -0.2) is 57.6 Å². The molecule has 1 aromatic rings. The van der Waals surface area contributed by atoms with Gasteiger partial charge in [0.05, 0.1) is 18.3 Å². The summed E-state index contributed by atoms with van der Waals surface area (Å²) in [5.41, 5.74) is 4.19. The van der Waals surface area contributed by atoms with E-state index in [1.165, 1.54) is 18.3 Å². The molecule has 10 nitrogen and oxygen atoms in total. The molecule has 10 heteroatoms. The second-order valence-electron chi connectivity index (χ2n) is 6.69. The van der Waals surface area contributed by atoms with Gasteiger partial charge in [0.25, 0.3) is 5.56 Å². The number of nitrogens with zero attached hydrogens (tertiary/aromatic N) is 1. The Morgan fingerprint density at radius 3 is 2.79 bits per heavy atom. The van der Waals surface area contributed by atoms with E-state index >= 15 is 0 Å². The van der Waals surface area contributed by atoms with Gasteiger partial charge in [-0.1, -0.05) is 12.8 Å². The van der Waals surface area contributed by atoms with E-state index in [9.17, 15) is 19.5 Å². The van der Waals surface area contributed by atoms with Crippen LogP contribution in [-0.2, 0) is 9.53 Å². The lowest BCUT2D eigenvalue weighted by Crippen LogP contribution is -2.33. The van der Waals surface area contributed by atoms with Crippen LogP contribution in [0.4, 0.5) is 0 Å². The third kappa shape index (κ3) is 6.13. The summed E-state index contributed by atoms with van der Waals surface area (Å²) in [6, 6.07) is 0. The predicted molar refractivity (Wildman–Crippen MR) is 103 cm³/mol. The van der Waals surface area contributed by atoms with Gasteiger partial charge in [0.1, 0.15) is 12.3 Å². The van der Waals surface area contributed by atoms with E-state index in [2.05, 4.69) is 10.3 Å². The summed E-state index contributed by atoms with van der Waals surface area (Å²) in [6.45, 7) is 0.812. The quantitative estimate of drug-likeness (QED) is 0.246. The first-order valence-corrected chi connectivity index (χ1v) is 9.42. The first-order chi connectivity index (χ1) is 13.5. The molecule has 1 aliphatic heterocycles. The number of unbranched alkanes of at least 4 members (excludes halogenated alkanes) is 3. The van der Waals surface area contributed by atoms with Gasteiger partial charge in [0.15, 0.2) is 0 Å². The maximum Gasteiger partial charge on any atom is 0.330 e. The summed E-state index contributed by atoms with van der Waals surface area (Å²) < 4.78 is 6.57. The monoisotopic (exact) mass is 396 g/mol. The summed E-state index contributed by atoms with van der Waals surface area (Å²) in [7, 11) is 0. The Hall–Kier alpha value is -2.27. The van der Waals surface area contributed by atoms with Crippen molar-refractivity contribution in [2.45, 2.75) is 50.5 Å². The van der Waals surface area contributed by atoms with Crippen LogP contribution in [0, 0.1) is 0 Å². The number of aliphatic hydroxyl groups excluding tert-OH is 2. The second kappa shape index (κ2) is 10.9. The highest BCUT2D eigenvalue weighted by atomic mass is 16.5. The van der Waals surface area contributed by atoms with Crippen LogP contribution in [0.5, 0.6) is 0 Å². The van der Waals surface area contributed by atoms with Gasteiger partial charge in [-0.25, -0.2) is 4.79 Å². The van der Waals surface area contributed by atoms with Gasteiger partial charge < -0.3 is 26.0 Å². The maximum absolute atomic E-state index is 12.0. The second-order valence-corrected chi connectivity index (χ2v) is 6.69. The zero-order valence-electron chi connectivity index (χ0n) is 15.7. The summed E-state index contributed by atoms with van der Waals surface area (Å²) in [6.07, 6.45) is 5.20. The number of aromatic amines is 1. The fraction of sp³-hybridized carbons (Fsp3) is 0.611. The number of aliphatic hydroxyl groups is 2. The smallest absolute Gasteiger partial charge is 0.330 e. The van der Waals surface area contributed by atoms with E-state index in [1.54, 1.807) is 0 Å². The molecule has 156 valence electrons. The summed E-state index contributed by atoms with van der Waals surface area (Å²) in [5.74, 6) is -0.344. The van der Waals surface area contributed by atoms with Gasteiger partial charge in [-0.2, -0.15) is 0 Å². The topological polar surface area (TPSA) is 160 Å².